The summed E-state index contributed by atoms with van der Waals surface area (Å²) in [5.74, 6) is 0. The smallest absolute Gasteiger partial charge is 0.0973 e. The van der Waals surface area contributed by atoms with Crippen LogP contribution in [0.1, 0.15) is 0 Å². The number of benzene rings is 9. The molecule has 2 aromatic heterocycles. The number of aromatic nitrogens is 3. The Hall–Kier alpha value is -7.10. The van der Waals surface area contributed by atoms with Crippen molar-refractivity contribution in [3.8, 4) is 50.5 Å². The van der Waals surface area contributed by atoms with Crippen LogP contribution in [0.15, 0.2) is 176 Å². The van der Waals surface area contributed by atoms with Gasteiger partial charge in [0.2, 0.25) is 0 Å². The molecule has 9 aromatic carbocycles. The molecule has 0 aliphatic heterocycles. The molecule has 3 nitrogen and oxygen atoms in total. The van der Waals surface area contributed by atoms with E-state index in [4.69, 9.17) is 9.97 Å². The molecule has 0 N–H and O–H groups in total. The molecule has 2 heterocycles. The normalized spacial score (nSPS) is 12.2. The van der Waals surface area contributed by atoms with Crippen LogP contribution >= 0.6 is 0 Å². The molecular weight excluding hydrogens is 643 g/mol. The number of rotatable bonds is 3. The lowest BCUT2D eigenvalue weighted by molar-refractivity contribution is 1.18. The zero-order chi connectivity index (χ0) is 34.6. The third-order valence-corrected chi connectivity index (χ3v) is 11.3. The summed E-state index contributed by atoms with van der Waals surface area (Å²) in [6, 6.07) is 63.6. The Labute approximate surface area is 305 Å². The summed E-state index contributed by atoms with van der Waals surface area (Å²) in [5.41, 5.74) is 14.4. The summed E-state index contributed by atoms with van der Waals surface area (Å²) < 4.78 is 2.46. The van der Waals surface area contributed by atoms with E-state index >= 15 is 0 Å². The third-order valence-electron chi connectivity index (χ3n) is 11.3. The van der Waals surface area contributed by atoms with E-state index in [1.807, 2.05) is 24.3 Å². The Morgan fingerprint density at radius 2 is 0.925 bits per heavy atom. The van der Waals surface area contributed by atoms with Crippen molar-refractivity contribution in [2.75, 3.05) is 0 Å². The van der Waals surface area contributed by atoms with Crippen LogP contribution in [0.2, 0.25) is 0 Å². The Kier molecular flexibility index (Phi) is 5.77. The first-order valence-electron chi connectivity index (χ1n) is 18.2. The standard InChI is InChI=1S/C50H29N3/c1-2-11-32-26-35(21-20-30(32)10-1)50-49(51-43-18-7-8-19-44(43)52-50)31-22-24-36(25-23-31)53-45-28-34-13-4-3-12-33(34)27-42(45)48-40-17-9-16-39-37-14-5-6-15-38(37)41(47(39)40)29-46(48)53/h1-29H. The van der Waals surface area contributed by atoms with Crippen LogP contribution < -0.4 is 0 Å². The SMILES string of the molecule is c1ccc2c(c1)-c1cccc3c1c-2cc1c3c2cc3ccccc3cc2n1-c1ccc(-c2nc3ccccc3nc2-c2ccc3ccccc3c2)cc1. The summed E-state index contributed by atoms with van der Waals surface area (Å²) in [6.45, 7) is 0. The van der Waals surface area contributed by atoms with Gasteiger partial charge in [0.05, 0.1) is 33.5 Å². The lowest BCUT2D eigenvalue weighted by Crippen LogP contribution is -1.97. The molecule has 0 spiro atoms. The van der Waals surface area contributed by atoms with Crippen molar-refractivity contribution in [1.82, 2.24) is 14.5 Å². The van der Waals surface area contributed by atoms with E-state index in [-0.39, 0.29) is 0 Å². The van der Waals surface area contributed by atoms with E-state index in [1.54, 1.807) is 0 Å². The summed E-state index contributed by atoms with van der Waals surface area (Å²) in [6.07, 6.45) is 0. The minimum absolute atomic E-state index is 0.877. The molecule has 244 valence electrons. The lowest BCUT2D eigenvalue weighted by Gasteiger charge is -2.13. The van der Waals surface area contributed by atoms with E-state index < -0.39 is 0 Å². The van der Waals surface area contributed by atoms with Gasteiger partial charge in [-0.05, 0) is 103 Å². The van der Waals surface area contributed by atoms with Crippen LogP contribution in [0.4, 0.5) is 0 Å². The van der Waals surface area contributed by atoms with Gasteiger partial charge in [0, 0.05) is 27.6 Å². The second-order valence-corrected chi connectivity index (χ2v) is 14.2. The van der Waals surface area contributed by atoms with Gasteiger partial charge in [-0.2, -0.15) is 0 Å². The maximum absolute atomic E-state index is 5.24. The topological polar surface area (TPSA) is 30.7 Å². The molecular formula is C50H29N3. The van der Waals surface area contributed by atoms with Crippen molar-refractivity contribution in [1.29, 1.82) is 0 Å². The van der Waals surface area contributed by atoms with Gasteiger partial charge in [0.15, 0.2) is 0 Å². The largest absolute Gasteiger partial charge is 0.309 e. The molecule has 0 saturated carbocycles. The zero-order valence-electron chi connectivity index (χ0n) is 28.6. The van der Waals surface area contributed by atoms with E-state index in [0.717, 1.165) is 39.2 Å². The first-order chi connectivity index (χ1) is 26.3. The Morgan fingerprint density at radius 1 is 0.340 bits per heavy atom. The fourth-order valence-electron chi connectivity index (χ4n) is 8.85. The van der Waals surface area contributed by atoms with Crippen molar-refractivity contribution >= 4 is 65.2 Å². The maximum Gasteiger partial charge on any atom is 0.0973 e. The van der Waals surface area contributed by atoms with Crippen molar-refractivity contribution in [3.63, 3.8) is 0 Å². The lowest BCUT2D eigenvalue weighted by atomic mass is 9.97. The van der Waals surface area contributed by atoms with Gasteiger partial charge in [0.1, 0.15) is 0 Å². The highest BCUT2D eigenvalue weighted by molar-refractivity contribution is 6.30. The van der Waals surface area contributed by atoms with Crippen molar-refractivity contribution < 1.29 is 0 Å². The van der Waals surface area contributed by atoms with Gasteiger partial charge in [-0.25, -0.2) is 9.97 Å². The molecule has 11 aromatic rings. The van der Waals surface area contributed by atoms with Crippen molar-refractivity contribution in [3.05, 3.63) is 176 Å². The molecule has 0 amide bonds. The molecule has 0 bridgehead atoms. The summed E-state index contributed by atoms with van der Waals surface area (Å²) in [5, 5.41) is 10.1. The van der Waals surface area contributed by atoms with Crippen LogP contribution in [-0.4, -0.2) is 14.5 Å². The summed E-state index contributed by atoms with van der Waals surface area (Å²) in [4.78, 5) is 10.5. The van der Waals surface area contributed by atoms with Crippen LogP contribution in [-0.2, 0) is 0 Å². The second-order valence-electron chi connectivity index (χ2n) is 14.2. The molecule has 1 aliphatic rings. The number of hydrogen-bond acceptors (Lipinski definition) is 2. The number of fused-ring (bicyclic) bond motifs is 10. The average Bonchev–Trinajstić information content (AvgIpc) is 3.72. The van der Waals surface area contributed by atoms with Crippen LogP contribution in [0.25, 0.3) is 116 Å². The Balaban J connectivity index is 1.11. The quantitative estimate of drug-likeness (QED) is 0.187. The van der Waals surface area contributed by atoms with Crippen LogP contribution in [0, 0.1) is 0 Å². The average molecular weight is 672 g/mol. The van der Waals surface area contributed by atoms with E-state index in [9.17, 15) is 0 Å². The fraction of sp³-hybridized carbons (Fsp3) is 0. The number of nitrogens with zero attached hydrogens (tertiary/aromatic N) is 3. The predicted octanol–water partition coefficient (Wildman–Crippen LogP) is 13.2. The van der Waals surface area contributed by atoms with E-state index in [0.29, 0.717) is 0 Å². The summed E-state index contributed by atoms with van der Waals surface area (Å²) >= 11 is 0. The van der Waals surface area contributed by atoms with Gasteiger partial charge in [0.25, 0.3) is 0 Å². The highest BCUT2D eigenvalue weighted by atomic mass is 15.0. The maximum atomic E-state index is 5.24. The van der Waals surface area contributed by atoms with E-state index in [1.165, 1.54) is 76.4 Å². The predicted molar refractivity (Wildman–Crippen MR) is 222 cm³/mol. The second kappa shape index (κ2) is 10.7. The van der Waals surface area contributed by atoms with Crippen molar-refractivity contribution in [2.24, 2.45) is 0 Å². The molecule has 0 atom stereocenters. The van der Waals surface area contributed by atoms with E-state index in [2.05, 4.69) is 156 Å². The van der Waals surface area contributed by atoms with Gasteiger partial charge in [-0.3, -0.25) is 0 Å². The van der Waals surface area contributed by atoms with Gasteiger partial charge in [-0.1, -0.05) is 127 Å². The zero-order valence-corrected chi connectivity index (χ0v) is 28.6. The number of para-hydroxylation sites is 2. The highest BCUT2D eigenvalue weighted by Crippen LogP contribution is 2.51. The molecule has 0 unspecified atom stereocenters. The molecule has 12 rings (SSSR count). The first-order valence-corrected chi connectivity index (χ1v) is 18.2. The van der Waals surface area contributed by atoms with Crippen molar-refractivity contribution in [2.45, 2.75) is 0 Å². The summed E-state index contributed by atoms with van der Waals surface area (Å²) in [7, 11) is 0. The van der Waals surface area contributed by atoms with Gasteiger partial charge >= 0.3 is 0 Å². The van der Waals surface area contributed by atoms with Gasteiger partial charge in [-0.15, -0.1) is 0 Å². The fourth-order valence-corrected chi connectivity index (χ4v) is 8.85. The first kappa shape index (κ1) is 28.6. The monoisotopic (exact) mass is 671 g/mol. The molecule has 0 saturated heterocycles. The Bertz CT molecular complexity index is 3330. The molecule has 0 fully saturated rings. The Morgan fingerprint density at radius 3 is 1.68 bits per heavy atom. The minimum atomic E-state index is 0.877. The third kappa shape index (κ3) is 4.10. The van der Waals surface area contributed by atoms with Gasteiger partial charge < -0.3 is 4.57 Å². The molecule has 53 heavy (non-hydrogen) atoms. The highest BCUT2D eigenvalue weighted by Gasteiger charge is 2.25. The molecule has 1 aliphatic carbocycles. The number of hydrogen-bond donors (Lipinski definition) is 0. The molecule has 0 radical (unpaired) electrons. The van der Waals surface area contributed by atoms with Crippen LogP contribution in [0.5, 0.6) is 0 Å². The minimum Gasteiger partial charge on any atom is -0.309 e. The molecule has 3 heteroatoms. The van der Waals surface area contributed by atoms with Crippen LogP contribution in [0.3, 0.4) is 0 Å².